The highest BCUT2D eigenvalue weighted by Crippen LogP contribution is 2.26. The molecule has 0 aromatic heterocycles. The van der Waals surface area contributed by atoms with Gasteiger partial charge in [0.05, 0.1) is 6.07 Å². The van der Waals surface area contributed by atoms with Crippen LogP contribution >= 0.6 is 0 Å². The van der Waals surface area contributed by atoms with Gasteiger partial charge in [-0.05, 0) is 37.0 Å². The van der Waals surface area contributed by atoms with Gasteiger partial charge in [-0.1, -0.05) is 62.4 Å². The quantitative estimate of drug-likeness (QED) is 0.859. The van der Waals surface area contributed by atoms with Gasteiger partial charge in [0.15, 0.2) is 0 Å². The van der Waals surface area contributed by atoms with Crippen molar-refractivity contribution in [2.75, 3.05) is 25.0 Å². The van der Waals surface area contributed by atoms with Gasteiger partial charge in [-0.3, -0.25) is 0 Å². The first-order valence-electron chi connectivity index (χ1n) is 9.30. The SMILES string of the molecule is CC.N#CC1(Nc2ccccc2)CCN(CCc2ccccc2)CC1. The summed E-state index contributed by atoms with van der Waals surface area (Å²) < 4.78 is 0. The summed E-state index contributed by atoms with van der Waals surface area (Å²) in [6.45, 7) is 7.01. The minimum absolute atomic E-state index is 0.426. The Morgan fingerprint density at radius 3 is 2.08 bits per heavy atom. The molecule has 0 saturated carbocycles. The lowest BCUT2D eigenvalue weighted by Gasteiger charge is -2.38. The largest absolute Gasteiger partial charge is 0.367 e. The van der Waals surface area contributed by atoms with Crippen molar-refractivity contribution in [1.82, 2.24) is 4.90 Å². The summed E-state index contributed by atoms with van der Waals surface area (Å²) in [6, 6.07) is 23.2. The Morgan fingerprint density at radius 2 is 1.52 bits per heavy atom. The molecule has 3 rings (SSSR count). The number of nitrogens with zero attached hydrogens (tertiary/aromatic N) is 2. The van der Waals surface area contributed by atoms with Crippen molar-refractivity contribution in [3.63, 3.8) is 0 Å². The second-order valence-electron chi connectivity index (χ2n) is 6.26. The smallest absolute Gasteiger partial charge is 0.127 e. The molecule has 0 bridgehead atoms. The van der Waals surface area contributed by atoms with E-state index in [2.05, 4.69) is 46.6 Å². The van der Waals surface area contributed by atoms with E-state index >= 15 is 0 Å². The molecular weight excluding hydrogens is 306 g/mol. The number of anilines is 1. The lowest BCUT2D eigenvalue weighted by Crippen LogP contribution is -2.48. The average Bonchev–Trinajstić information content (AvgIpc) is 2.70. The summed E-state index contributed by atoms with van der Waals surface area (Å²) in [5, 5.41) is 13.1. The Kier molecular flexibility index (Phi) is 7.50. The number of likely N-dealkylation sites (tertiary alicyclic amines) is 1. The van der Waals surface area contributed by atoms with Crippen LogP contribution in [0.25, 0.3) is 0 Å². The standard InChI is InChI=1S/C20H23N3.C2H6/c21-17-20(22-19-9-5-2-6-10-19)12-15-23(16-13-20)14-11-18-7-3-1-4-8-18;1-2/h1-10,22H,11-16H2;1-2H3. The molecule has 1 aliphatic rings. The normalized spacial score (nSPS) is 16.2. The summed E-state index contributed by atoms with van der Waals surface area (Å²) in [5.41, 5.74) is 1.99. The molecule has 3 nitrogen and oxygen atoms in total. The van der Waals surface area contributed by atoms with E-state index in [1.54, 1.807) is 0 Å². The predicted octanol–water partition coefficient (Wildman–Crippen LogP) is 4.73. The van der Waals surface area contributed by atoms with E-state index in [4.69, 9.17) is 0 Å². The Labute approximate surface area is 152 Å². The Morgan fingerprint density at radius 1 is 0.960 bits per heavy atom. The molecule has 3 heteroatoms. The molecule has 0 radical (unpaired) electrons. The zero-order valence-corrected chi connectivity index (χ0v) is 15.4. The minimum atomic E-state index is -0.426. The van der Waals surface area contributed by atoms with E-state index in [0.717, 1.165) is 44.6 Å². The first kappa shape index (κ1) is 19.0. The van der Waals surface area contributed by atoms with E-state index < -0.39 is 5.54 Å². The zero-order chi connectivity index (χ0) is 18.0. The number of benzene rings is 2. The van der Waals surface area contributed by atoms with Crippen molar-refractivity contribution >= 4 is 5.69 Å². The van der Waals surface area contributed by atoms with Crippen LogP contribution in [0.1, 0.15) is 32.3 Å². The van der Waals surface area contributed by atoms with Gasteiger partial charge in [-0.15, -0.1) is 0 Å². The lowest BCUT2D eigenvalue weighted by molar-refractivity contribution is 0.199. The molecule has 25 heavy (non-hydrogen) atoms. The van der Waals surface area contributed by atoms with Crippen molar-refractivity contribution in [2.24, 2.45) is 0 Å². The molecular formula is C22H29N3. The molecule has 2 aromatic rings. The third-order valence-electron chi connectivity index (χ3n) is 4.64. The maximum atomic E-state index is 9.67. The van der Waals surface area contributed by atoms with Crippen LogP contribution in [-0.4, -0.2) is 30.1 Å². The molecule has 1 saturated heterocycles. The van der Waals surface area contributed by atoms with Gasteiger partial charge in [0.1, 0.15) is 5.54 Å². The summed E-state index contributed by atoms with van der Waals surface area (Å²) in [6.07, 6.45) is 2.81. The summed E-state index contributed by atoms with van der Waals surface area (Å²) in [5.74, 6) is 0. The van der Waals surface area contributed by atoms with Gasteiger partial charge < -0.3 is 10.2 Å². The monoisotopic (exact) mass is 335 g/mol. The van der Waals surface area contributed by atoms with Crippen LogP contribution in [0.5, 0.6) is 0 Å². The van der Waals surface area contributed by atoms with Crippen LogP contribution in [0.4, 0.5) is 5.69 Å². The number of para-hydroxylation sites is 1. The molecule has 0 atom stereocenters. The Hall–Kier alpha value is -2.31. The maximum Gasteiger partial charge on any atom is 0.127 e. The number of hydrogen-bond donors (Lipinski definition) is 1. The topological polar surface area (TPSA) is 39.1 Å². The van der Waals surface area contributed by atoms with Crippen LogP contribution in [0.3, 0.4) is 0 Å². The van der Waals surface area contributed by atoms with Crippen LogP contribution < -0.4 is 5.32 Å². The Balaban J connectivity index is 0.00000109. The molecule has 1 N–H and O–H groups in total. The van der Waals surface area contributed by atoms with Gasteiger partial charge in [0, 0.05) is 25.3 Å². The highest BCUT2D eigenvalue weighted by atomic mass is 15.2. The third-order valence-corrected chi connectivity index (χ3v) is 4.64. The molecule has 1 heterocycles. The number of nitrogens with one attached hydrogen (secondary N) is 1. The van der Waals surface area contributed by atoms with E-state index in [9.17, 15) is 5.26 Å². The van der Waals surface area contributed by atoms with E-state index in [1.165, 1.54) is 5.56 Å². The summed E-state index contributed by atoms with van der Waals surface area (Å²) >= 11 is 0. The van der Waals surface area contributed by atoms with Gasteiger partial charge in [0.2, 0.25) is 0 Å². The van der Waals surface area contributed by atoms with E-state index in [1.807, 2.05) is 44.2 Å². The molecule has 2 aromatic carbocycles. The van der Waals surface area contributed by atoms with Crippen LogP contribution in [-0.2, 0) is 6.42 Å². The second kappa shape index (κ2) is 9.86. The van der Waals surface area contributed by atoms with Crippen LogP contribution in [0, 0.1) is 11.3 Å². The van der Waals surface area contributed by atoms with Crippen molar-refractivity contribution in [2.45, 2.75) is 38.6 Å². The van der Waals surface area contributed by atoms with E-state index in [0.29, 0.717) is 0 Å². The average molecular weight is 335 g/mol. The minimum Gasteiger partial charge on any atom is -0.367 e. The molecule has 1 fully saturated rings. The van der Waals surface area contributed by atoms with Crippen LogP contribution in [0.15, 0.2) is 60.7 Å². The first-order chi connectivity index (χ1) is 12.3. The van der Waals surface area contributed by atoms with Gasteiger partial charge in [0.25, 0.3) is 0 Å². The fourth-order valence-electron chi connectivity index (χ4n) is 3.15. The first-order valence-corrected chi connectivity index (χ1v) is 9.30. The van der Waals surface area contributed by atoms with Gasteiger partial charge in [-0.25, -0.2) is 0 Å². The van der Waals surface area contributed by atoms with Crippen molar-refractivity contribution in [3.05, 3.63) is 66.2 Å². The fraction of sp³-hybridized carbons (Fsp3) is 0.409. The predicted molar refractivity (Wildman–Crippen MR) is 106 cm³/mol. The molecule has 0 unspecified atom stereocenters. The zero-order valence-electron chi connectivity index (χ0n) is 15.4. The summed E-state index contributed by atoms with van der Waals surface area (Å²) in [4.78, 5) is 2.47. The number of hydrogen-bond acceptors (Lipinski definition) is 3. The maximum absolute atomic E-state index is 9.67. The van der Waals surface area contributed by atoms with Crippen LogP contribution in [0.2, 0.25) is 0 Å². The van der Waals surface area contributed by atoms with Crippen molar-refractivity contribution in [3.8, 4) is 6.07 Å². The molecule has 0 aliphatic carbocycles. The summed E-state index contributed by atoms with van der Waals surface area (Å²) in [7, 11) is 0. The number of piperidine rings is 1. The number of nitriles is 1. The van der Waals surface area contributed by atoms with Gasteiger partial charge >= 0.3 is 0 Å². The molecule has 0 spiro atoms. The molecule has 1 aliphatic heterocycles. The van der Waals surface area contributed by atoms with Crippen molar-refractivity contribution < 1.29 is 0 Å². The highest BCUT2D eigenvalue weighted by Gasteiger charge is 2.34. The van der Waals surface area contributed by atoms with Gasteiger partial charge in [-0.2, -0.15) is 5.26 Å². The third kappa shape index (κ3) is 5.62. The second-order valence-corrected chi connectivity index (χ2v) is 6.26. The molecule has 0 amide bonds. The lowest BCUT2D eigenvalue weighted by atomic mass is 9.88. The molecule has 132 valence electrons. The van der Waals surface area contributed by atoms with Crippen molar-refractivity contribution in [1.29, 1.82) is 5.26 Å². The highest BCUT2D eigenvalue weighted by molar-refractivity contribution is 5.47. The number of rotatable bonds is 5. The Bertz CT molecular complexity index is 638. The fourth-order valence-corrected chi connectivity index (χ4v) is 3.15. The van der Waals surface area contributed by atoms with E-state index in [-0.39, 0.29) is 0 Å².